The van der Waals surface area contributed by atoms with E-state index in [0.717, 1.165) is 44.3 Å². The molecular formula is C19H33IN6S. The Kier molecular flexibility index (Phi) is 10.9. The van der Waals surface area contributed by atoms with Crippen molar-refractivity contribution in [1.29, 1.82) is 0 Å². The molecule has 2 aromatic heterocycles. The van der Waals surface area contributed by atoms with E-state index in [1.807, 2.05) is 6.92 Å². The molecule has 0 bridgehead atoms. The average molecular weight is 504 g/mol. The molecule has 6 nitrogen and oxygen atoms in total. The van der Waals surface area contributed by atoms with Crippen LogP contribution < -0.4 is 10.6 Å². The highest BCUT2D eigenvalue weighted by Crippen LogP contribution is 2.23. The van der Waals surface area contributed by atoms with E-state index in [4.69, 9.17) is 4.99 Å². The molecule has 0 saturated carbocycles. The first-order valence-electron chi connectivity index (χ1n) is 9.24. The molecule has 1 atom stereocenters. The normalized spacial score (nSPS) is 12.7. The number of nitrogens with one attached hydrogen (secondary N) is 2. The van der Waals surface area contributed by atoms with Crippen molar-refractivity contribution in [2.24, 2.45) is 4.99 Å². The number of likely N-dealkylation sites (N-methyl/N-ethyl adjacent to an activating group) is 1. The summed E-state index contributed by atoms with van der Waals surface area (Å²) in [6.07, 6.45) is 1.01. The topological polar surface area (TPSA) is 57.5 Å². The Balaban J connectivity index is 0.00000364. The van der Waals surface area contributed by atoms with Crippen LogP contribution in [0.1, 0.15) is 35.7 Å². The standard InChI is InChI=1S/C19H32N6S.HI/c1-6-20-19(21-10-8-11-25-16(3)13-15(2)23-25)22-14-17(24(4)5)18-9-7-12-26-18;/h7,9,12-13,17H,6,8,10-11,14H2,1-5H3,(H2,20,21,22);1H. The zero-order valence-corrected chi connectivity index (χ0v) is 20.2. The lowest BCUT2D eigenvalue weighted by Crippen LogP contribution is -2.38. The summed E-state index contributed by atoms with van der Waals surface area (Å²) >= 11 is 1.79. The van der Waals surface area contributed by atoms with E-state index in [-0.39, 0.29) is 24.0 Å². The summed E-state index contributed by atoms with van der Waals surface area (Å²) in [7, 11) is 4.21. The van der Waals surface area contributed by atoms with Crippen molar-refractivity contribution in [3.8, 4) is 0 Å². The highest BCUT2D eigenvalue weighted by Gasteiger charge is 2.14. The van der Waals surface area contributed by atoms with Gasteiger partial charge in [-0.05, 0) is 58.8 Å². The molecule has 0 aromatic carbocycles. The molecular weight excluding hydrogens is 471 g/mol. The number of rotatable bonds is 9. The quantitative estimate of drug-likeness (QED) is 0.238. The molecule has 0 fully saturated rings. The van der Waals surface area contributed by atoms with Crippen LogP contribution in [0.3, 0.4) is 0 Å². The number of hydrogen-bond donors (Lipinski definition) is 2. The summed E-state index contributed by atoms with van der Waals surface area (Å²) in [5, 5.41) is 13.4. The molecule has 0 aliphatic rings. The molecule has 0 amide bonds. The van der Waals surface area contributed by atoms with Gasteiger partial charge in [-0.15, -0.1) is 35.3 Å². The van der Waals surface area contributed by atoms with Gasteiger partial charge in [0.1, 0.15) is 0 Å². The van der Waals surface area contributed by atoms with E-state index in [0.29, 0.717) is 6.04 Å². The van der Waals surface area contributed by atoms with Gasteiger partial charge >= 0.3 is 0 Å². The highest BCUT2D eigenvalue weighted by molar-refractivity contribution is 14.0. The van der Waals surface area contributed by atoms with E-state index >= 15 is 0 Å². The van der Waals surface area contributed by atoms with Gasteiger partial charge in [-0.25, -0.2) is 0 Å². The van der Waals surface area contributed by atoms with Crippen molar-refractivity contribution >= 4 is 41.3 Å². The monoisotopic (exact) mass is 504 g/mol. The van der Waals surface area contributed by atoms with Gasteiger partial charge in [0.2, 0.25) is 0 Å². The molecule has 1 unspecified atom stereocenters. The molecule has 0 spiro atoms. The molecule has 2 heterocycles. The van der Waals surface area contributed by atoms with Crippen molar-refractivity contribution in [3.05, 3.63) is 39.8 Å². The molecule has 8 heteroatoms. The lowest BCUT2D eigenvalue weighted by atomic mass is 10.2. The van der Waals surface area contributed by atoms with Crippen molar-refractivity contribution in [2.45, 2.75) is 39.8 Å². The maximum Gasteiger partial charge on any atom is 0.191 e. The average Bonchev–Trinajstić information content (AvgIpc) is 3.21. The Bertz CT molecular complexity index is 680. The first-order valence-corrected chi connectivity index (χ1v) is 10.1. The van der Waals surface area contributed by atoms with Crippen LogP contribution in [-0.2, 0) is 6.54 Å². The van der Waals surface area contributed by atoms with E-state index in [9.17, 15) is 0 Å². The van der Waals surface area contributed by atoms with E-state index in [1.165, 1.54) is 10.6 Å². The number of nitrogens with zero attached hydrogens (tertiary/aromatic N) is 4. The van der Waals surface area contributed by atoms with Crippen molar-refractivity contribution < 1.29 is 0 Å². The second-order valence-corrected chi connectivity index (χ2v) is 7.62. The smallest absolute Gasteiger partial charge is 0.191 e. The Labute approximate surface area is 184 Å². The van der Waals surface area contributed by atoms with E-state index in [2.05, 4.69) is 76.8 Å². The first-order chi connectivity index (χ1) is 12.5. The second-order valence-electron chi connectivity index (χ2n) is 6.65. The number of aromatic nitrogens is 2. The fraction of sp³-hybridized carbons (Fsp3) is 0.579. The van der Waals surface area contributed by atoms with E-state index in [1.54, 1.807) is 11.3 Å². The number of guanidine groups is 1. The number of halogens is 1. The van der Waals surface area contributed by atoms with Crippen LogP contribution in [0.25, 0.3) is 0 Å². The summed E-state index contributed by atoms with van der Waals surface area (Å²) in [6, 6.07) is 6.70. The molecule has 2 N–H and O–H groups in total. The highest BCUT2D eigenvalue weighted by atomic mass is 127. The minimum Gasteiger partial charge on any atom is -0.357 e. The number of aryl methyl sites for hydroxylation is 3. The Morgan fingerprint density at radius 3 is 2.67 bits per heavy atom. The Morgan fingerprint density at radius 2 is 2.11 bits per heavy atom. The number of thiophene rings is 1. The van der Waals surface area contributed by atoms with Gasteiger partial charge in [0.05, 0.1) is 18.3 Å². The van der Waals surface area contributed by atoms with Gasteiger partial charge in [0.25, 0.3) is 0 Å². The third-order valence-electron chi connectivity index (χ3n) is 4.20. The van der Waals surface area contributed by atoms with Gasteiger partial charge in [-0.3, -0.25) is 9.67 Å². The fourth-order valence-electron chi connectivity index (χ4n) is 2.85. The Morgan fingerprint density at radius 1 is 1.33 bits per heavy atom. The van der Waals surface area contributed by atoms with Crippen molar-refractivity contribution in [1.82, 2.24) is 25.3 Å². The van der Waals surface area contributed by atoms with Crippen LogP contribution in [0.4, 0.5) is 0 Å². The van der Waals surface area contributed by atoms with Gasteiger partial charge in [0.15, 0.2) is 5.96 Å². The summed E-state index contributed by atoms with van der Waals surface area (Å²) < 4.78 is 2.07. The molecule has 0 aliphatic carbocycles. The SMILES string of the molecule is CCNC(=NCC(c1cccs1)N(C)C)NCCCn1nc(C)cc1C.I. The van der Waals surface area contributed by atoms with Crippen molar-refractivity contribution in [2.75, 3.05) is 33.7 Å². The van der Waals surface area contributed by atoms with E-state index < -0.39 is 0 Å². The first kappa shape index (κ1) is 23.9. The second kappa shape index (κ2) is 12.4. The number of aliphatic imine (C=N–C) groups is 1. The summed E-state index contributed by atoms with van der Waals surface area (Å²) in [5.41, 5.74) is 2.29. The van der Waals surface area contributed by atoms with Gasteiger partial charge in [-0.2, -0.15) is 5.10 Å². The molecule has 2 rings (SSSR count). The van der Waals surface area contributed by atoms with Crippen LogP contribution in [0, 0.1) is 13.8 Å². The zero-order valence-electron chi connectivity index (χ0n) is 17.0. The molecule has 0 radical (unpaired) electrons. The van der Waals surface area contributed by atoms with Gasteiger partial charge in [0, 0.05) is 30.2 Å². The fourth-order valence-corrected chi connectivity index (χ4v) is 3.76. The van der Waals surface area contributed by atoms with Crippen molar-refractivity contribution in [3.63, 3.8) is 0 Å². The minimum atomic E-state index is 0. The summed E-state index contributed by atoms with van der Waals surface area (Å²) in [5.74, 6) is 0.879. The lowest BCUT2D eigenvalue weighted by molar-refractivity contribution is 0.310. The zero-order chi connectivity index (χ0) is 18.9. The largest absolute Gasteiger partial charge is 0.357 e. The van der Waals surface area contributed by atoms with Crippen LogP contribution in [-0.4, -0.2) is 54.4 Å². The van der Waals surface area contributed by atoms with Gasteiger partial charge in [-0.1, -0.05) is 6.07 Å². The molecule has 2 aromatic rings. The molecule has 0 aliphatic heterocycles. The number of hydrogen-bond acceptors (Lipinski definition) is 4. The predicted octanol–water partition coefficient (Wildman–Crippen LogP) is 3.43. The molecule has 152 valence electrons. The van der Waals surface area contributed by atoms with Crippen LogP contribution in [0.5, 0.6) is 0 Å². The lowest BCUT2D eigenvalue weighted by Gasteiger charge is -2.22. The minimum absolute atomic E-state index is 0. The van der Waals surface area contributed by atoms with Gasteiger partial charge < -0.3 is 15.5 Å². The third-order valence-corrected chi connectivity index (χ3v) is 5.18. The van der Waals surface area contributed by atoms with Crippen LogP contribution in [0.2, 0.25) is 0 Å². The maximum absolute atomic E-state index is 4.79. The van der Waals surface area contributed by atoms with Crippen LogP contribution in [0.15, 0.2) is 28.6 Å². The molecule has 27 heavy (non-hydrogen) atoms. The predicted molar refractivity (Wildman–Crippen MR) is 126 cm³/mol. The van der Waals surface area contributed by atoms with Crippen LogP contribution >= 0.6 is 35.3 Å². The summed E-state index contributed by atoms with van der Waals surface area (Å²) in [4.78, 5) is 8.36. The third kappa shape index (κ3) is 7.79. The molecule has 0 saturated heterocycles. The maximum atomic E-state index is 4.79. The Hall–Kier alpha value is -1.13. The summed E-state index contributed by atoms with van der Waals surface area (Å²) in [6.45, 7) is 9.61.